The number of carbonyl (C=O) groups excluding carboxylic acids is 4. The SMILES string of the molecule is COC(=O)NC(C(=O)N1[C@@H](C)CC[C@H]1C1=NCC(c2ccc(-c3cnc(C4=CN=C([C@@H]5CC[C@H](C)N5C(=O)[C@@H](NC(=O)OC)C5C[C@@H](C)O[C@@H](C)C5)C4)c4cccn34)cc2)N1)C1C[C@@H](C)O[C@@H](C)C1. The maximum absolute atomic E-state index is 14.6. The van der Waals surface area contributed by atoms with Gasteiger partial charge in [-0.15, -0.1) is 0 Å². The molecule has 2 aromatic heterocycles. The first-order chi connectivity index (χ1) is 33.2. The molecule has 0 spiro atoms. The van der Waals surface area contributed by atoms with Crippen molar-refractivity contribution in [3.63, 3.8) is 0 Å². The summed E-state index contributed by atoms with van der Waals surface area (Å²) in [7, 11) is 2.65. The van der Waals surface area contributed by atoms with Gasteiger partial charge in [0.2, 0.25) is 11.8 Å². The molecule has 3 N–H and O–H groups in total. The Morgan fingerprint density at radius 1 is 0.739 bits per heavy atom. The number of alkyl carbamates (subject to hydrolysis) is 2. The number of aliphatic imine (C=N–C) groups is 2. The van der Waals surface area contributed by atoms with Crippen LogP contribution in [0.1, 0.15) is 117 Å². The molecule has 13 atom stereocenters. The van der Waals surface area contributed by atoms with Gasteiger partial charge < -0.3 is 49.1 Å². The Labute approximate surface area is 404 Å². The number of amidine groups is 1. The lowest BCUT2D eigenvalue weighted by Gasteiger charge is -2.39. The average molecular weight is 948 g/mol. The van der Waals surface area contributed by atoms with Gasteiger partial charge in [-0.25, -0.2) is 9.59 Å². The number of rotatable bonds is 11. The fourth-order valence-electron chi connectivity index (χ4n) is 12.2. The Morgan fingerprint density at radius 2 is 1.29 bits per heavy atom. The van der Waals surface area contributed by atoms with Gasteiger partial charge in [0.25, 0.3) is 0 Å². The monoisotopic (exact) mass is 948 g/mol. The van der Waals surface area contributed by atoms with Crippen molar-refractivity contribution < 1.29 is 38.1 Å². The van der Waals surface area contributed by atoms with Gasteiger partial charge >= 0.3 is 12.2 Å². The number of nitrogens with zero attached hydrogens (tertiary/aromatic N) is 6. The summed E-state index contributed by atoms with van der Waals surface area (Å²) in [6, 6.07) is 10.6. The predicted molar refractivity (Wildman–Crippen MR) is 262 cm³/mol. The lowest BCUT2D eigenvalue weighted by molar-refractivity contribution is -0.139. The molecule has 17 heteroatoms. The topological polar surface area (TPSA) is 190 Å². The third kappa shape index (κ3) is 9.86. The third-order valence-electron chi connectivity index (χ3n) is 15.4. The molecule has 0 aliphatic carbocycles. The van der Waals surface area contributed by atoms with Crippen molar-refractivity contribution in [2.75, 3.05) is 20.8 Å². The summed E-state index contributed by atoms with van der Waals surface area (Å²) in [6.45, 7) is 12.7. The van der Waals surface area contributed by atoms with Crippen LogP contribution in [0.4, 0.5) is 9.59 Å². The molecule has 6 aliphatic rings. The Balaban J connectivity index is 0.863. The van der Waals surface area contributed by atoms with Crippen LogP contribution in [0.2, 0.25) is 0 Å². The molecule has 4 fully saturated rings. The number of nitrogens with one attached hydrogen (secondary N) is 3. The number of fused-ring (bicyclic) bond motifs is 1. The van der Waals surface area contributed by atoms with Gasteiger partial charge in [0.05, 0.1) is 86.4 Å². The number of likely N-dealkylation sites (tertiary alicyclic amines) is 2. The molecule has 0 radical (unpaired) electrons. The van der Waals surface area contributed by atoms with Crippen molar-refractivity contribution in [3.8, 4) is 11.3 Å². The van der Waals surface area contributed by atoms with Crippen LogP contribution >= 0.6 is 0 Å². The van der Waals surface area contributed by atoms with E-state index in [1.807, 2.05) is 56.0 Å². The highest BCUT2D eigenvalue weighted by Crippen LogP contribution is 2.38. The summed E-state index contributed by atoms with van der Waals surface area (Å²) in [6.07, 6.45) is 11.0. The zero-order chi connectivity index (χ0) is 48.7. The first kappa shape index (κ1) is 48.2. The van der Waals surface area contributed by atoms with Gasteiger partial charge in [-0.05, 0) is 122 Å². The summed E-state index contributed by atoms with van der Waals surface area (Å²) in [4.78, 5) is 73.1. The van der Waals surface area contributed by atoms with Crippen LogP contribution in [0.3, 0.4) is 0 Å². The maximum Gasteiger partial charge on any atom is 0.407 e. The van der Waals surface area contributed by atoms with Crippen molar-refractivity contribution in [1.82, 2.24) is 35.1 Å². The smallest absolute Gasteiger partial charge is 0.407 e. The van der Waals surface area contributed by atoms with E-state index < -0.39 is 24.3 Å². The van der Waals surface area contributed by atoms with E-state index in [0.29, 0.717) is 38.6 Å². The first-order valence-electron chi connectivity index (χ1n) is 25.0. The molecular weight excluding hydrogens is 879 g/mol. The normalized spacial score (nSPS) is 31.1. The number of carbonyl (C=O) groups is 4. The van der Waals surface area contributed by atoms with Crippen molar-refractivity contribution in [2.24, 2.45) is 21.8 Å². The van der Waals surface area contributed by atoms with E-state index in [0.717, 1.165) is 70.8 Å². The Bertz CT molecular complexity index is 2490. The average Bonchev–Trinajstić information content (AvgIpc) is 4.20. The Hall–Kier alpha value is -5.81. The summed E-state index contributed by atoms with van der Waals surface area (Å²) in [5, 5.41) is 9.47. The predicted octanol–water partition coefficient (Wildman–Crippen LogP) is 6.85. The number of aromatic nitrogens is 2. The van der Waals surface area contributed by atoms with Crippen molar-refractivity contribution >= 4 is 46.6 Å². The minimum absolute atomic E-state index is 0.0176. The lowest BCUT2D eigenvalue weighted by Crippen LogP contribution is -2.58. The molecule has 69 heavy (non-hydrogen) atoms. The second-order valence-electron chi connectivity index (χ2n) is 20.3. The summed E-state index contributed by atoms with van der Waals surface area (Å²) in [5.74, 6) is 0.420. The number of ether oxygens (including phenoxy) is 4. The van der Waals surface area contributed by atoms with Crippen LogP contribution in [-0.2, 0) is 28.5 Å². The third-order valence-corrected chi connectivity index (χ3v) is 15.4. The zero-order valence-corrected chi connectivity index (χ0v) is 41.2. The fraction of sp³-hybridized carbons (Fsp3) is 0.596. The number of allylic oxidation sites excluding steroid dienone is 1. The molecule has 9 rings (SSSR count). The van der Waals surface area contributed by atoms with E-state index in [1.54, 1.807) is 0 Å². The summed E-state index contributed by atoms with van der Waals surface area (Å²) < 4.78 is 24.1. The lowest BCUT2D eigenvalue weighted by atomic mass is 9.85. The molecule has 4 amide bonds. The number of hydrogen-bond acceptors (Lipinski definition) is 12. The number of benzene rings is 1. The number of amides is 4. The fourth-order valence-corrected chi connectivity index (χ4v) is 12.2. The molecule has 4 saturated heterocycles. The molecule has 8 heterocycles. The standard InChI is InChI=1S/C52H69N9O8/c1-28-11-17-41(60(28)49(62)46(57-51(64)66-7)36-20-30(3)68-31(4)21-36)39-24-38(25-53-39)45-42-10-9-19-59(42)44(27-54-45)35-15-13-34(14-16-35)40-26-55-48(56-40)43-18-12-29(2)61(43)50(63)47(58-52(65)67-8)37-22-32(5)69-33(6)23-37/h9-10,13-16,19,25,27-33,36-37,40-41,43,46-47H,11-12,17-18,20-24,26H2,1-8H3,(H,55,56)(H,57,64)(H,58,65)/t28-,29-,30-,31+,32-,33+,36?,37?,40?,41-,43-,46-,47?/m0/s1. The molecule has 0 bridgehead atoms. The summed E-state index contributed by atoms with van der Waals surface area (Å²) >= 11 is 0. The van der Waals surface area contributed by atoms with Gasteiger partial charge in [-0.3, -0.25) is 24.6 Å². The van der Waals surface area contributed by atoms with Crippen LogP contribution in [-0.4, -0.2) is 136 Å². The maximum atomic E-state index is 14.6. The van der Waals surface area contributed by atoms with Crippen molar-refractivity contribution in [3.05, 3.63) is 66.2 Å². The first-order valence-corrected chi connectivity index (χ1v) is 25.0. The van der Waals surface area contributed by atoms with Crippen LogP contribution in [0.15, 0.2) is 65.0 Å². The van der Waals surface area contributed by atoms with E-state index in [1.165, 1.54) is 14.2 Å². The van der Waals surface area contributed by atoms with Gasteiger partial charge in [0, 0.05) is 47.7 Å². The largest absolute Gasteiger partial charge is 0.453 e. The van der Waals surface area contributed by atoms with Crippen molar-refractivity contribution in [1.29, 1.82) is 0 Å². The van der Waals surface area contributed by atoms with Gasteiger partial charge in [-0.1, -0.05) is 24.3 Å². The Morgan fingerprint density at radius 3 is 1.86 bits per heavy atom. The van der Waals surface area contributed by atoms with Gasteiger partial charge in [0.15, 0.2) is 0 Å². The molecule has 6 aliphatic heterocycles. The van der Waals surface area contributed by atoms with E-state index in [-0.39, 0.29) is 78.3 Å². The highest BCUT2D eigenvalue weighted by Gasteiger charge is 2.47. The second-order valence-corrected chi connectivity index (χ2v) is 20.3. The van der Waals surface area contributed by atoms with E-state index in [9.17, 15) is 19.2 Å². The number of hydrogen-bond donors (Lipinski definition) is 3. The van der Waals surface area contributed by atoms with E-state index in [4.69, 9.17) is 33.9 Å². The molecule has 1 aromatic carbocycles. The highest BCUT2D eigenvalue weighted by molar-refractivity contribution is 6.05. The molecule has 0 saturated carbocycles. The van der Waals surface area contributed by atoms with Gasteiger partial charge in [0.1, 0.15) is 17.9 Å². The van der Waals surface area contributed by atoms with Gasteiger partial charge in [-0.2, -0.15) is 0 Å². The minimum atomic E-state index is -0.732. The molecule has 4 unspecified atom stereocenters. The molecule has 17 nitrogen and oxygen atoms in total. The minimum Gasteiger partial charge on any atom is -0.453 e. The summed E-state index contributed by atoms with van der Waals surface area (Å²) in [5.41, 5.74) is 6.76. The molecular formula is C52H69N9O8. The molecule has 3 aromatic rings. The van der Waals surface area contributed by atoms with E-state index >= 15 is 0 Å². The van der Waals surface area contributed by atoms with Crippen LogP contribution in [0.25, 0.3) is 22.3 Å². The number of methoxy groups -OCH3 is 2. The van der Waals surface area contributed by atoms with Crippen LogP contribution < -0.4 is 16.0 Å². The van der Waals surface area contributed by atoms with E-state index in [2.05, 4.69) is 70.7 Å². The Kier molecular flexibility index (Phi) is 14.2. The quantitative estimate of drug-likeness (QED) is 0.184. The second kappa shape index (κ2) is 20.3. The highest BCUT2D eigenvalue weighted by atomic mass is 16.5. The van der Waals surface area contributed by atoms with Crippen LogP contribution in [0.5, 0.6) is 0 Å². The van der Waals surface area contributed by atoms with Crippen molar-refractivity contribution in [2.45, 2.75) is 166 Å². The molecule has 370 valence electrons. The zero-order valence-electron chi connectivity index (χ0n) is 41.2. The van der Waals surface area contributed by atoms with Crippen LogP contribution in [0, 0.1) is 11.8 Å².